The molecule has 96 valence electrons. The zero-order valence-corrected chi connectivity index (χ0v) is 11.4. The summed E-state index contributed by atoms with van der Waals surface area (Å²) in [6.45, 7) is 0.888. The van der Waals surface area contributed by atoms with E-state index in [1.807, 2.05) is 6.92 Å². The van der Waals surface area contributed by atoms with Crippen LogP contribution >= 0.6 is 15.9 Å². The number of hydrogen-bond donors (Lipinski definition) is 1. The number of ether oxygens (including phenoxy) is 1. The predicted molar refractivity (Wildman–Crippen MR) is 67.5 cm³/mol. The minimum absolute atomic E-state index is 0.0521. The van der Waals surface area contributed by atoms with E-state index in [0.29, 0.717) is 17.5 Å². The van der Waals surface area contributed by atoms with Crippen molar-refractivity contribution in [1.82, 2.24) is 0 Å². The molecule has 0 heterocycles. The molecule has 1 rings (SSSR count). The number of nitrogens with two attached hydrogens (primary N) is 1. The van der Waals surface area contributed by atoms with Crippen LogP contribution in [-0.4, -0.2) is 12.7 Å². The smallest absolute Gasteiger partial charge is 0.387 e. The predicted octanol–water partition coefficient (Wildman–Crippen LogP) is 3.64. The highest BCUT2D eigenvalue weighted by atomic mass is 79.9. The monoisotopic (exact) mass is 307 g/mol. The van der Waals surface area contributed by atoms with Crippen LogP contribution in [0.3, 0.4) is 0 Å². The van der Waals surface area contributed by atoms with E-state index in [1.54, 1.807) is 19.1 Å². The Labute approximate surface area is 108 Å². The molecule has 5 heteroatoms. The standard InChI is InChI=1S/C12H16BrF2NO/c1-3-10(16)6-8-5-9(13)4-7(2)11(8)17-12(14)15/h4-5,10,12H,3,6,16H2,1-2H3. The van der Waals surface area contributed by atoms with E-state index in [4.69, 9.17) is 5.73 Å². The molecule has 1 aromatic rings. The lowest BCUT2D eigenvalue weighted by molar-refractivity contribution is -0.0509. The van der Waals surface area contributed by atoms with Gasteiger partial charge in [-0.1, -0.05) is 22.9 Å². The molecule has 1 unspecified atom stereocenters. The first-order valence-corrected chi connectivity index (χ1v) is 6.22. The molecule has 0 aliphatic rings. The Kier molecular flexibility index (Phi) is 5.33. The second-order valence-corrected chi connectivity index (χ2v) is 4.88. The molecule has 0 aliphatic carbocycles. The highest BCUT2D eigenvalue weighted by molar-refractivity contribution is 9.10. The molecule has 17 heavy (non-hydrogen) atoms. The normalized spacial score (nSPS) is 12.9. The van der Waals surface area contributed by atoms with Crippen LogP contribution in [0.2, 0.25) is 0 Å². The lowest BCUT2D eigenvalue weighted by atomic mass is 10.0. The average Bonchev–Trinajstić information content (AvgIpc) is 2.22. The van der Waals surface area contributed by atoms with Crippen LogP contribution in [0, 0.1) is 6.92 Å². The number of alkyl halides is 2. The lowest BCUT2D eigenvalue weighted by Crippen LogP contribution is -2.22. The van der Waals surface area contributed by atoms with Crippen LogP contribution in [0.4, 0.5) is 8.78 Å². The number of rotatable bonds is 5. The molecule has 2 nitrogen and oxygen atoms in total. The molecule has 0 bridgehead atoms. The molecule has 0 saturated heterocycles. The van der Waals surface area contributed by atoms with Crippen molar-refractivity contribution in [2.24, 2.45) is 5.73 Å². The fourth-order valence-corrected chi connectivity index (χ4v) is 2.26. The molecule has 0 amide bonds. The van der Waals surface area contributed by atoms with E-state index in [0.717, 1.165) is 10.9 Å². The Morgan fingerprint density at radius 3 is 2.59 bits per heavy atom. The van der Waals surface area contributed by atoms with Gasteiger partial charge in [0.25, 0.3) is 0 Å². The minimum atomic E-state index is -2.81. The molecule has 0 saturated carbocycles. The third kappa shape index (κ3) is 4.24. The summed E-state index contributed by atoms with van der Waals surface area (Å²) in [6.07, 6.45) is 1.32. The summed E-state index contributed by atoms with van der Waals surface area (Å²) in [7, 11) is 0. The summed E-state index contributed by atoms with van der Waals surface area (Å²) in [5.74, 6) is 0.243. The molecule has 0 radical (unpaired) electrons. The van der Waals surface area contributed by atoms with Crippen molar-refractivity contribution in [2.75, 3.05) is 0 Å². The van der Waals surface area contributed by atoms with Crippen LogP contribution in [0.25, 0.3) is 0 Å². The van der Waals surface area contributed by atoms with Gasteiger partial charge < -0.3 is 10.5 Å². The van der Waals surface area contributed by atoms with E-state index < -0.39 is 6.61 Å². The van der Waals surface area contributed by atoms with Gasteiger partial charge in [0.1, 0.15) is 5.75 Å². The Morgan fingerprint density at radius 1 is 1.41 bits per heavy atom. The third-order valence-corrected chi connectivity index (χ3v) is 2.99. The van der Waals surface area contributed by atoms with Crippen molar-refractivity contribution in [1.29, 1.82) is 0 Å². The van der Waals surface area contributed by atoms with Crippen LogP contribution in [0.1, 0.15) is 24.5 Å². The maximum Gasteiger partial charge on any atom is 0.387 e. The molecule has 2 N–H and O–H groups in total. The van der Waals surface area contributed by atoms with Gasteiger partial charge in [0.15, 0.2) is 0 Å². The Balaban J connectivity index is 3.06. The Morgan fingerprint density at radius 2 is 2.06 bits per heavy atom. The number of aryl methyl sites for hydroxylation is 1. The summed E-state index contributed by atoms with van der Waals surface area (Å²) in [6, 6.07) is 3.47. The zero-order chi connectivity index (χ0) is 13.0. The highest BCUT2D eigenvalue weighted by Gasteiger charge is 2.15. The molecular formula is C12H16BrF2NO. The molecule has 0 aromatic heterocycles. The van der Waals surface area contributed by atoms with Gasteiger partial charge in [-0.15, -0.1) is 0 Å². The van der Waals surface area contributed by atoms with Gasteiger partial charge in [-0.2, -0.15) is 8.78 Å². The van der Waals surface area contributed by atoms with Crippen molar-refractivity contribution in [2.45, 2.75) is 39.3 Å². The fourth-order valence-electron chi connectivity index (χ4n) is 1.64. The lowest BCUT2D eigenvalue weighted by Gasteiger charge is -2.16. The van der Waals surface area contributed by atoms with Gasteiger partial charge in [-0.05, 0) is 43.0 Å². The highest BCUT2D eigenvalue weighted by Crippen LogP contribution is 2.30. The van der Waals surface area contributed by atoms with Crippen LogP contribution in [0.15, 0.2) is 16.6 Å². The number of halogens is 3. The maximum absolute atomic E-state index is 12.3. The van der Waals surface area contributed by atoms with Crippen molar-refractivity contribution < 1.29 is 13.5 Å². The SMILES string of the molecule is CCC(N)Cc1cc(Br)cc(C)c1OC(F)F. The first-order valence-electron chi connectivity index (χ1n) is 5.43. The zero-order valence-electron chi connectivity index (χ0n) is 9.84. The summed E-state index contributed by atoms with van der Waals surface area (Å²) < 4.78 is 30.1. The summed E-state index contributed by atoms with van der Waals surface area (Å²) in [5, 5.41) is 0. The van der Waals surface area contributed by atoms with Gasteiger partial charge in [0, 0.05) is 10.5 Å². The molecule has 1 aromatic carbocycles. The second kappa shape index (κ2) is 6.31. The molecule has 0 spiro atoms. The number of benzene rings is 1. The van der Waals surface area contributed by atoms with Crippen LogP contribution in [-0.2, 0) is 6.42 Å². The van der Waals surface area contributed by atoms with Gasteiger partial charge in [0.2, 0.25) is 0 Å². The maximum atomic E-state index is 12.3. The van der Waals surface area contributed by atoms with Gasteiger partial charge in [-0.25, -0.2) is 0 Å². The topological polar surface area (TPSA) is 35.2 Å². The van der Waals surface area contributed by atoms with E-state index >= 15 is 0 Å². The van der Waals surface area contributed by atoms with Crippen molar-refractivity contribution >= 4 is 15.9 Å². The van der Waals surface area contributed by atoms with Crippen LogP contribution < -0.4 is 10.5 Å². The Hall–Kier alpha value is -0.680. The first-order chi connectivity index (χ1) is 7.93. The van der Waals surface area contributed by atoms with Gasteiger partial charge >= 0.3 is 6.61 Å². The molecular weight excluding hydrogens is 292 g/mol. The Bertz CT molecular complexity index is 385. The molecule has 0 fully saturated rings. The molecule has 1 atom stereocenters. The summed E-state index contributed by atoms with van der Waals surface area (Å²) in [4.78, 5) is 0. The number of hydrogen-bond acceptors (Lipinski definition) is 2. The van der Waals surface area contributed by atoms with E-state index in [1.165, 1.54) is 0 Å². The fraction of sp³-hybridized carbons (Fsp3) is 0.500. The van der Waals surface area contributed by atoms with E-state index in [9.17, 15) is 8.78 Å². The van der Waals surface area contributed by atoms with Crippen LogP contribution in [0.5, 0.6) is 5.75 Å². The first kappa shape index (κ1) is 14.4. The van der Waals surface area contributed by atoms with E-state index in [-0.39, 0.29) is 11.8 Å². The third-order valence-electron chi connectivity index (χ3n) is 2.53. The quantitative estimate of drug-likeness (QED) is 0.901. The molecule has 0 aliphatic heterocycles. The summed E-state index contributed by atoms with van der Waals surface area (Å²) >= 11 is 3.34. The van der Waals surface area contributed by atoms with Crippen molar-refractivity contribution in [3.63, 3.8) is 0 Å². The summed E-state index contributed by atoms with van der Waals surface area (Å²) in [5.41, 5.74) is 7.24. The minimum Gasteiger partial charge on any atom is -0.434 e. The van der Waals surface area contributed by atoms with E-state index in [2.05, 4.69) is 20.7 Å². The van der Waals surface area contributed by atoms with Crippen molar-refractivity contribution in [3.05, 3.63) is 27.7 Å². The van der Waals surface area contributed by atoms with Gasteiger partial charge in [-0.3, -0.25) is 0 Å². The van der Waals surface area contributed by atoms with Gasteiger partial charge in [0.05, 0.1) is 0 Å². The van der Waals surface area contributed by atoms with Crippen molar-refractivity contribution in [3.8, 4) is 5.75 Å². The largest absolute Gasteiger partial charge is 0.434 e. The average molecular weight is 308 g/mol. The second-order valence-electron chi connectivity index (χ2n) is 3.96.